The van der Waals surface area contributed by atoms with E-state index in [0.717, 1.165) is 4.68 Å². The van der Waals surface area contributed by atoms with E-state index in [1.54, 1.807) is 6.92 Å². The highest BCUT2D eigenvalue weighted by molar-refractivity contribution is 5.13. The normalized spacial score (nSPS) is 14.0. The van der Waals surface area contributed by atoms with Gasteiger partial charge in [0.1, 0.15) is 5.69 Å². The fourth-order valence-corrected chi connectivity index (χ4v) is 1.53. The number of aliphatic hydroxyl groups is 1. The zero-order chi connectivity index (χ0) is 13.1. The van der Waals surface area contributed by atoms with Gasteiger partial charge in [0.2, 0.25) is 0 Å². The third-order valence-corrected chi connectivity index (χ3v) is 2.37. The molecule has 0 aliphatic carbocycles. The van der Waals surface area contributed by atoms with Crippen LogP contribution in [-0.2, 0) is 19.3 Å². The van der Waals surface area contributed by atoms with Crippen molar-refractivity contribution in [1.29, 1.82) is 0 Å². The first-order chi connectivity index (χ1) is 7.90. The van der Waals surface area contributed by atoms with Gasteiger partial charge < -0.3 is 10.8 Å². The summed E-state index contributed by atoms with van der Waals surface area (Å²) in [6.45, 7) is 1.42. The van der Waals surface area contributed by atoms with Crippen LogP contribution in [0.1, 0.15) is 24.7 Å². The molecular formula is C9H15F3N4O. The lowest BCUT2D eigenvalue weighted by atomic mass is 10.1. The Balaban J connectivity index is 2.96. The van der Waals surface area contributed by atoms with Gasteiger partial charge in [-0.05, 0) is 12.3 Å². The van der Waals surface area contributed by atoms with Gasteiger partial charge in [0.15, 0.2) is 5.69 Å². The fourth-order valence-electron chi connectivity index (χ4n) is 1.53. The second kappa shape index (κ2) is 5.46. The van der Waals surface area contributed by atoms with Crippen molar-refractivity contribution in [2.75, 3.05) is 6.61 Å². The number of rotatable bonds is 5. The maximum atomic E-state index is 12.8. The van der Waals surface area contributed by atoms with Gasteiger partial charge >= 0.3 is 6.18 Å². The van der Waals surface area contributed by atoms with Crippen molar-refractivity contribution in [3.8, 4) is 0 Å². The quantitative estimate of drug-likeness (QED) is 0.811. The molecule has 0 aromatic carbocycles. The minimum absolute atomic E-state index is 0.0579. The number of hydrogen-bond acceptors (Lipinski definition) is 4. The van der Waals surface area contributed by atoms with Crippen LogP contribution in [0.2, 0.25) is 0 Å². The van der Waals surface area contributed by atoms with E-state index in [9.17, 15) is 13.2 Å². The molecule has 0 bridgehead atoms. The van der Waals surface area contributed by atoms with Crippen LogP contribution in [0.4, 0.5) is 13.2 Å². The molecule has 0 fully saturated rings. The lowest BCUT2D eigenvalue weighted by molar-refractivity contribution is -0.145. The van der Waals surface area contributed by atoms with Gasteiger partial charge in [-0.25, -0.2) is 4.68 Å². The van der Waals surface area contributed by atoms with Crippen LogP contribution in [-0.4, -0.2) is 26.7 Å². The molecule has 8 heteroatoms. The van der Waals surface area contributed by atoms with Crippen LogP contribution < -0.4 is 5.73 Å². The first kappa shape index (κ1) is 13.9. The third-order valence-electron chi connectivity index (χ3n) is 2.37. The summed E-state index contributed by atoms with van der Waals surface area (Å²) >= 11 is 0. The van der Waals surface area contributed by atoms with Gasteiger partial charge in [0, 0.05) is 19.7 Å². The second-order valence-electron chi connectivity index (χ2n) is 3.89. The van der Waals surface area contributed by atoms with Crippen molar-refractivity contribution in [2.45, 2.75) is 32.6 Å². The minimum Gasteiger partial charge on any atom is -0.396 e. The molecular weight excluding hydrogens is 237 g/mol. The summed E-state index contributed by atoms with van der Waals surface area (Å²) < 4.78 is 39.1. The van der Waals surface area contributed by atoms with Crippen LogP contribution in [0.15, 0.2) is 0 Å². The maximum Gasteiger partial charge on any atom is 0.434 e. The molecule has 17 heavy (non-hydrogen) atoms. The monoisotopic (exact) mass is 252 g/mol. The van der Waals surface area contributed by atoms with Crippen LogP contribution in [0.25, 0.3) is 0 Å². The number of hydrogen-bond donors (Lipinski definition) is 2. The Labute approximate surface area is 96.4 Å². The van der Waals surface area contributed by atoms with E-state index in [1.807, 2.05) is 0 Å². The molecule has 0 radical (unpaired) electrons. The predicted octanol–water partition coefficient (Wildman–Crippen LogP) is 0.774. The van der Waals surface area contributed by atoms with E-state index in [4.69, 9.17) is 10.8 Å². The molecule has 1 heterocycles. The second-order valence-corrected chi connectivity index (χ2v) is 3.89. The standard InChI is InChI=1S/C9H15F3N4O/c1-6(2-3-17)5-16-8(9(10,11)12)7(4-13)14-15-16/h6,17H,2-5,13H2,1H3. The molecule has 0 saturated carbocycles. The molecule has 1 unspecified atom stereocenters. The number of alkyl halides is 3. The molecule has 0 spiro atoms. The Morgan fingerprint density at radius 3 is 2.59 bits per heavy atom. The summed E-state index contributed by atoms with van der Waals surface area (Å²) in [4.78, 5) is 0. The van der Waals surface area contributed by atoms with Crippen LogP contribution in [0.3, 0.4) is 0 Å². The Morgan fingerprint density at radius 2 is 2.12 bits per heavy atom. The van der Waals surface area contributed by atoms with Crippen LogP contribution in [0.5, 0.6) is 0 Å². The highest BCUT2D eigenvalue weighted by Gasteiger charge is 2.39. The molecule has 1 rings (SSSR count). The highest BCUT2D eigenvalue weighted by atomic mass is 19.4. The molecule has 98 valence electrons. The predicted molar refractivity (Wildman–Crippen MR) is 53.8 cm³/mol. The molecule has 5 nitrogen and oxygen atoms in total. The molecule has 1 aromatic rings. The van der Waals surface area contributed by atoms with E-state index in [1.165, 1.54) is 0 Å². The lowest BCUT2D eigenvalue weighted by Crippen LogP contribution is -2.20. The average molecular weight is 252 g/mol. The number of halogens is 3. The van der Waals surface area contributed by atoms with Crippen molar-refractivity contribution in [3.63, 3.8) is 0 Å². The SMILES string of the molecule is CC(CCO)Cn1nnc(CN)c1C(F)(F)F. The summed E-state index contributed by atoms with van der Waals surface area (Å²) in [5.41, 5.74) is 4.04. The lowest BCUT2D eigenvalue weighted by Gasteiger charge is -2.14. The number of aliphatic hydroxyl groups excluding tert-OH is 1. The zero-order valence-electron chi connectivity index (χ0n) is 9.41. The largest absolute Gasteiger partial charge is 0.434 e. The number of nitrogens with two attached hydrogens (primary N) is 1. The molecule has 3 N–H and O–H groups in total. The maximum absolute atomic E-state index is 12.8. The summed E-state index contributed by atoms with van der Waals surface area (Å²) in [7, 11) is 0. The highest BCUT2D eigenvalue weighted by Crippen LogP contribution is 2.31. The fraction of sp³-hybridized carbons (Fsp3) is 0.778. The van der Waals surface area contributed by atoms with Crippen molar-refractivity contribution in [1.82, 2.24) is 15.0 Å². The van der Waals surface area contributed by atoms with Gasteiger partial charge in [0.25, 0.3) is 0 Å². The average Bonchev–Trinajstić information content (AvgIpc) is 2.60. The molecule has 1 aromatic heterocycles. The number of nitrogens with zero attached hydrogens (tertiary/aromatic N) is 3. The molecule has 0 aliphatic heterocycles. The van der Waals surface area contributed by atoms with E-state index in [-0.39, 0.29) is 31.3 Å². The topological polar surface area (TPSA) is 77.0 Å². The van der Waals surface area contributed by atoms with Gasteiger partial charge in [0.05, 0.1) is 0 Å². The zero-order valence-corrected chi connectivity index (χ0v) is 9.41. The van der Waals surface area contributed by atoms with E-state index in [0.29, 0.717) is 6.42 Å². The Bertz CT molecular complexity index is 364. The van der Waals surface area contributed by atoms with Gasteiger partial charge in [-0.15, -0.1) is 5.10 Å². The van der Waals surface area contributed by atoms with Gasteiger partial charge in [-0.2, -0.15) is 13.2 Å². The van der Waals surface area contributed by atoms with Gasteiger partial charge in [-0.1, -0.05) is 12.1 Å². The molecule has 0 amide bonds. The number of aromatic nitrogens is 3. The van der Waals surface area contributed by atoms with Crippen molar-refractivity contribution in [2.24, 2.45) is 11.7 Å². The Kier molecular flexibility index (Phi) is 4.47. The minimum atomic E-state index is -4.52. The van der Waals surface area contributed by atoms with Crippen LogP contribution in [0, 0.1) is 5.92 Å². The van der Waals surface area contributed by atoms with Crippen LogP contribution >= 0.6 is 0 Å². The van der Waals surface area contributed by atoms with E-state index < -0.39 is 11.9 Å². The smallest absolute Gasteiger partial charge is 0.396 e. The Morgan fingerprint density at radius 1 is 1.47 bits per heavy atom. The van der Waals surface area contributed by atoms with E-state index in [2.05, 4.69) is 10.3 Å². The Hall–Kier alpha value is -1.15. The summed E-state index contributed by atoms with van der Waals surface area (Å²) in [6.07, 6.45) is -4.10. The summed E-state index contributed by atoms with van der Waals surface area (Å²) in [5.74, 6) is -0.117. The molecule has 0 aliphatic rings. The first-order valence-corrected chi connectivity index (χ1v) is 5.20. The van der Waals surface area contributed by atoms with Gasteiger partial charge in [-0.3, -0.25) is 0 Å². The molecule has 1 atom stereocenters. The molecule has 0 saturated heterocycles. The first-order valence-electron chi connectivity index (χ1n) is 5.20. The van der Waals surface area contributed by atoms with E-state index >= 15 is 0 Å². The van der Waals surface area contributed by atoms with Crippen molar-refractivity contribution in [3.05, 3.63) is 11.4 Å². The van der Waals surface area contributed by atoms with Crippen molar-refractivity contribution < 1.29 is 18.3 Å². The van der Waals surface area contributed by atoms with Crippen molar-refractivity contribution >= 4 is 0 Å². The summed E-state index contributed by atoms with van der Waals surface area (Å²) in [5, 5.41) is 15.6. The summed E-state index contributed by atoms with van der Waals surface area (Å²) in [6, 6.07) is 0. The third kappa shape index (κ3) is 3.40.